The van der Waals surface area contributed by atoms with Gasteiger partial charge in [0.1, 0.15) is 17.3 Å². The summed E-state index contributed by atoms with van der Waals surface area (Å²) in [6.07, 6.45) is 5.61. The number of pyridine rings is 2. The van der Waals surface area contributed by atoms with Gasteiger partial charge in [0.05, 0.1) is 24.5 Å². The minimum absolute atomic E-state index is 0.204. The average molecular weight is 464 g/mol. The molecule has 1 amide bonds. The van der Waals surface area contributed by atoms with Crippen molar-refractivity contribution in [1.82, 2.24) is 9.97 Å². The Morgan fingerprint density at radius 2 is 1.88 bits per heavy atom. The highest BCUT2D eigenvalue weighted by Gasteiger charge is 2.49. The fraction of sp³-hybridized carbons (Fsp3) is 0.346. The molecule has 2 fully saturated rings. The van der Waals surface area contributed by atoms with Gasteiger partial charge in [-0.3, -0.25) is 9.78 Å². The maximum Gasteiger partial charge on any atom is 0.241 e. The Kier molecular flexibility index (Phi) is 5.58. The molecule has 0 atom stereocenters. The summed E-state index contributed by atoms with van der Waals surface area (Å²) in [7, 11) is 0. The van der Waals surface area contributed by atoms with Crippen LogP contribution < -0.4 is 10.1 Å². The number of aliphatic hydroxyl groups is 1. The number of nitrogens with zero attached hydrogens (tertiary/aromatic N) is 2. The van der Waals surface area contributed by atoms with Crippen LogP contribution in [-0.4, -0.2) is 40.3 Å². The summed E-state index contributed by atoms with van der Waals surface area (Å²) in [4.78, 5) is 22.1. The molecule has 1 aliphatic heterocycles. The fourth-order valence-corrected chi connectivity index (χ4v) is 3.92. The van der Waals surface area contributed by atoms with E-state index in [2.05, 4.69) is 15.3 Å². The number of carbonyl (C=O) groups is 1. The first kappa shape index (κ1) is 22.4. The van der Waals surface area contributed by atoms with E-state index in [0.717, 1.165) is 24.0 Å². The Labute approximate surface area is 197 Å². The molecular formula is C26H26FN3O4. The normalized spacial score (nSPS) is 17.1. The topological polar surface area (TPSA) is 93.6 Å². The van der Waals surface area contributed by atoms with Crippen molar-refractivity contribution in [2.45, 2.75) is 43.8 Å². The third-order valence-corrected chi connectivity index (χ3v) is 6.15. The van der Waals surface area contributed by atoms with Gasteiger partial charge < -0.3 is 19.9 Å². The van der Waals surface area contributed by atoms with E-state index in [4.69, 9.17) is 9.47 Å². The van der Waals surface area contributed by atoms with Crippen LogP contribution in [-0.2, 0) is 20.5 Å². The summed E-state index contributed by atoms with van der Waals surface area (Å²) < 4.78 is 24.4. The standard InChI is InChI=1S/C26H26FN3O4/c1-25(2,32)21-11-23(34-19-8-9-19)29-13-20(21)16-3-10-22(28-12-16)26(14-33-15-26)24(31)30-18-6-4-17(27)5-7-18/h3-7,10-13,19,32H,8-9,14-15H2,1-2H3,(H,30,31). The number of halogens is 1. The van der Waals surface area contributed by atoms with E-state index in [-0.39, 0.29) is 31.0 Å². The number of anilines is 1. The second-order valence-corrected chi connectivity index (χ2v) is 9.41. The highest BCUT2D eigenvalue weighted by atomic mass is 19.1. The largest absolute Gasteiger partial charge is 0.474 e. The third-order valence-electron chi connectivity index (χ3n) is 6.15. The number of ether oxygens (including phenoxy) is 2. The monoisotopic (exact) mass is 463 g/mol. The molecule has 0 spiro atoms. The zero-order valence-electron chi connectivity index (χ0n) is 19.0. The number of aromatic nitrogens is 2. The number of rotatable bonds is 7. The number of hydrogen-bond donors (Lipinski definition) is 2. The minimum Gasteiger partial charge on any atom is -0.474 e. The SMILES string of the molecule is CC(C)(O)c1cc(OC2CC2)ncc1-c1ccc(C2(C(=O)Nc3ccc(F)cc3)COC2)nc1. The predicted octanol–water partition coefficient (Wildman–Crippen LogP) is 3.96. The van der Waals surface area contributed by atoms with Crippen LogP contribution in [0.15, 0.2) is 54.9 Å². The van der Waals surface area contributed by atoms with Crippen molar-refractivity contribution in [2.75, 3.05) is 18.5 Å². The molecule has 7 nitrogen and oxygen atoms in total. The van der Waals surface area contributed by atoms with Gasteiger partial charge in [-0.15, -0.1) is 0 Å². The summed E-state index contributed by atoms with van der Waals surface area (Å²) in [5.41, 5.74) is 1.23. The van der Waals surface area contributed by atoms with Crippen LogP contribution in [0.1, 0.15) is 37.9 Å². The molecule has 2 N–H and O–H groups in total. The molecule has 0 radical (unpaired) electrons. The summed E-state index contributed by atoms with van der Waals surface area (Å²) in [6, 6.07) is 11.0. The van der Waals surface area contributed by atoms with Crippen molar-refractivity contribution in [1.29, 1.82) is 0 Å². The molecule has 1 saturated heterocycles. The van der Waals surface area contributed by atoms with E-state index in [1.165, 1.54) is 24.3 Å². The first-order valence-electron chi connectivity index (χ1n) is 11.3. The van der Waals surface area contributed by atoms with Gasteiger partial charge in [0.2, 0.25) is 11.8 Å². The van der Waals surface area contributed by atoms with Crippen LogP contribution in [0.4, 0.5) is 10.1 Å². The zero-order chi connectivity index (χ0) is 23.9. The van der Waals surface area contributed by atoms with Crippen LogP contribution in [0.3, 0.4) is 0 Å². The Morgan fingerprint density at radius 3 is 2.44 bits per heavy atom. The summed E-state index contributed by atoms with van der Waals surface area (Å²) in [5, 5.41) is 13.6. The predicted molar refractivity (Wildman–Crippen MR) is 124 cm³/mol. The van der Waals surface area contributed by atoms with Crippen molar-refractivity contribution in [2.24, 2.45) is 0 Å². The van der Waals surface area contributed by atoms with Crippen LogP contribution in [0, 0.1) is 5.82 Å². The lowest BCUT2D eigenvalue weighted by molar-refractivity contribution is -0.140. The quantitative estimate of drug-likeness (QED) is 0.551. The molecule has 176 valence electrons. The maximum atomic E-state index is 13.2. The summed E-state index contributed by atoms with van der Waals surface area (Å²) in [5.74, 6) is -0.133. The van der Waals surface area contributed by atoms with Crippen molar-refractivity contribution >= 4 is 11.6 Å². The first-order chi connectivity index (χ1) is 16.2. The lowest BCUT2D eigenvalue weighted by Gasteiger charge is -2.39. The van der Waals surface area contributed by atoms with E-state index in [0.29, 0.717) is 22.8 Å². The number of hydrogen-bond acceptors (Lipinski definition) is 6. The molecule has 1 aliphatic carbocycles. The molecular weight excluding hydrogens is 437 g/mol. The Balaban J connectivity index is 1.41. The molecule has 5 rings (SSSR count). The highest BCUT2D eigenvalue weighted by Crippen LogP contribution is 2.37. The van der Waals surface area contributed by atoms with Gasteiger partial charge in [0, 0.05) is 35.3 Å². The second kappa shape index (κ2) is 8.45. The molecule has 3 heterocycles. The Bertz CT molecular complexity index is 1200. The van der Waals surface area contributed by atoms with Gasteiger partial charge in [0.15, 0.2) is 0 Å². The van der Waals surface area contributed by atoms with Gasteiger partial charge in [-0.05, 0) is 62.6 Å². The van der Waals surface area contributed by atoms with Crippen molar-refractivity contribution in [3.63, 3.8) is 0 Å². The van der Waals surface area contributed by atoms with E-state index in [1.807, 2.05) is 6.07 Å². The summed E-state index contributed by atoms with van der Waals surface area (Å²) in [6.45, 7) is 3.84. The number of benzene rings is 1. The van der Waals surface area contributed by atoms with Gasteiger partial charge in [-0.1, -0.05) is 6.07 Å². The van der Waals surface area contributed by atoms with Crippen molar-refractivity contribution in [3.8, 4) is 17.0 Å². The summed E-state index contributed by atoms with van der Waals surface area (Å²) >= 11 is 0. The van der Waals surface area contributed by atoms with E-state index in [9.17, 15) is 14.3 Å². The highest BCUT2D eigenvalue weighted by molar-refractivity contribution is 5.99. The number of amides is 1. The lowest BCUT2D eigenvalue weighted by Crippen LogP contribution is -2.56. The zero-order valence-corrected chi connectivity index (χ0v) is 19.0. The van der Waals surface area contributed by atoms with Gasteiger partial charge >= 0.3 is 0 Å². The van der Waals surface area contributed by atoms with E-state index >= 15 is 0 Å². The molecule has 0 bridgehead atoms. The third kappa shape index (κ3) is 4.38. The average Bonchev–Trinajstić information content (AvgIpc) is 3.59. The maximum absolute atomic E-state index is 13.2. The van der Waals surface area contributed by atoms with Gasteiger partial charge in [-0.25, -0.2) is 9.37 Å². The minimum atomic E-state index is -1.11. The van der Waals surface area contributed by atoms with Crippen LogP contribution in [0.2, 0.25) is 0 Å². The van der Waals surface area contributed by atoms with Crippen molar-refractivity contribution < 1.29 is 23.8 Å². The second-order valence-electron chi connectivity index (χ2n) is 9.41. The molecule has 8 heteroatoms. The first-order valence-corrected chi connectivity index (χ1v) is 11.3. The Hall–Kier alpha value is -3.36. The molecule has 1 aromatic carbocycles. The van der Waals surface area contributed by atoms with Crippen LogP contribution in [0.25, 0.3) is 11.1 Å². The van der Waals surface area contributed by atoms with Gasteiger partial charge in [0.25, 0.3) is 0 Å². The molecule has 34 heavy (non-hydrogen) atoms. The van der Waals surface area contributed by atoms with Crippen LogP contribution in [0.5, 0.6) is 5.88 Å². The molecule has 3 aromatic rings. The molecule has 2 aromatic heterocycles. The van der Waals surface area contributed by atoms with Crippen molar-refractivity contribution in [3.05, 3.63) is 71.9 Å². The lowest BCUT2D eigenvalue weighted by atomic mass is 9.80. The molecule has 2 aliphatic rings. The van der Waals surface area contributed by atoms with E-state index < -0.39 is 11.0 Å². The Morgan fingerprint density at radius 1 is 1.15 bits per heavy atom. The number of nitrogens with one attached hydrogen (secondary N) is 1. The number of carbonyl (C=O) groups excluding carboxylic acids is 1. The molecule has 1 saturated carbocycles. The smallest absolute Gasteiger partial charge is 0.241 e. The fourth-order valence-electron chi connectivity index (χ4n) is 3.92. The van der Waals surface area contributed by atoms with Gasteiger partial charge in [-0.2, -0.15) is 0 Å². The molecule has 0 unspecified atom stereocenters. The van der Waals surface area contributed by atoms with Crippen LogP contribution >= 0.6 is 0 Å². The van der Waals surface area contributed by atoms with E-state index in [1.54, 1.807) is 38.4 Å².